The number of benzene rings is 1. The van der Waals surface area contributed by atoms with E-state index in [2.05, 4.69) is 19.1 Å². The third kappa shape index (κ3) is 2.83. The molecule has 0 fully saturated rings. The van der Waals surface area contributed by atoms with E-state index in [1.807, 2.05) is 42.5 Å². The fourth-order valence-corrected chi connectivity index (χ4v) is 2.17. The molecule has 17 heavy (non-hydrogen) atoms. The highest BCUT2D eigenvalue weighted by molar-refractivity contribution is 7.80. The molecule has 0 N–H and O–H groups in total. The van der Waals surface area contributed by atoms with E-state index in [9.17, 15) is 0 Å². The van der Waals surface area contributed by atoms with Crippen LogP contribution in [0, 0.1) is 0 Å². The molecule has 1 aromatic rings. The largest absolute Gasteiger partial charge is 0.472 e. The molecular weight excluding hydrogens is 228 g/mol. The summed E-state index contributed by atoms with van der Waals surface area (Å²) in [6.45, 7) is 2.12. The van der Waals surface area contributed by atoms with E-state index < -0.39 is 0 Å². The molecule has 0 aromatic heterocycles. The van der Waals surface area contributed by atoms with Crippen molar-refractivity contribution < 1.29 is 4.74 Å². The number of allylic oxidation sites excluding steroid dienone is 2. The molecule has 0 saturated carbocycles. The Morgan fingerprint density at radius 1 is 1.29 bits per heavy atom. The Balaban J connectivity index is 2.12. The van der Waals surface area contributed by atoms with E-state index in [4.69, 9.17) is 17.0 Å². The lowest BCUT2D eigenvalue weighted by atomic mass is 9.92. The van der Waals surface area contributed by atoms with Gasteiger partial charge in [-0.2, -0.15) is 0 Å². The van der Waals surface area contributed by atoms with Crippen LogP contribution >= 0.6 is 12.2 Å². The molecule has 2 heteroatoms. The summed E-state index contributed by atoms with van der Waals surface area (Å²) in [6.07, 6.45) is 10.1. The quantitative estimate of drug-likeness (QED) is 0.742. The average Bonchev–Trinajstić information content (AvgIpc) is 2.41. The van der Waals surface area contributed by atoms with E-state index in [-0.39, 0.29) is 5.60 Å². The van der Waals surface area contributed by atoms with Crippen LogP contribution in [0.4, 0.5) is 0 Å². The molecule has 0 heterocycles. The summed E-state index contributed by atoms with van der Waals surface area (Å²) in [5, 5.41) is 0.576. The fraction of sp³-hybridized carbons (Fsp3) is 0.267. The van der Waals surface area contributed by atoms with Gasteiger partial charge in [0.1, 0.15) is 5.60 Å². The molecule has 0 aliphatic heterocycles. The maximum Gasteiger partial charge on any atom is 0.192 e. The Morgan fingerprint density at radius 2 is 2.06 bits per heavy atom. The van der Waals surface area contributed by atoms with Gasteiger partial charge in [-0.1, -0.05) is 55.5 Å². The zero-order valence-corrected chi connectivity index (χ0v) is 10.7. The minimum absolute atomic E-state index is 0.262. The Labute approximate surface area is 108 Å². The number of hydrogen-bond donors (Lipinski definition) is 0. The Hall–Kier alpha value is -1.41. The first-order valence-corrected chi connectivity index (χ1v) is 6.29. The average molecular weight is 244 g/mol. The smallest absolute Gasteiger partial charge is 0.192 e. The van der Waals surface area contributed by atoms with Gasteiger partial charge in [-0.05, 0) is 24.7 Å². The topological polar surface area (TPSA) is 9.23 Å². The monoisotopic (exact) mass is 244 g/mol. The van der Waals surface area contributed by atoms with Crippen molar-refractivity contribution in [3.63, 3.8) is 0 Å². The lowest BCUT2D eigenvalue weighted by molar-refractivity contribution is 0.109. The normalized spacial score (nSPS) is 22.4. The van der Waals surface area contributed by atoms with Crippen molar-refractivity contribution in [2.75, 3.05) is 0 Å². The lowest BCUT2D eigenvalue weighted by Crippen LogP contribution is -2.32. The van der Waals surface area contributed by atoms with Crippen molar-refractivity contribution in [2.45, 2.75) is 25.4 Å². The third-order valence-corrected chi connectivity index (χ3v) is 3.33. The minimum atomic E-state index is -0.262. The van der Waals surface area contributed by atoms with Crippen LogP contribution in [0.3, 0.4) is 0 Å². The van der Waals surface area contributed by atoms with Crippen LogP contribution in [0.25, 0.3) is 0 Å². The molecule has 1 atom stereocenters. The van der Waals surface area contributed by atoms with Gasteiger partial charge in [0.05, 0.1) is 0 Å². The van der Waals surface area contributed by atoms with Gasteiger partial charge in [0.15, 0.2) is 5.05 Å². The summed E-state index contributed by atoms with van der Waals surface area (Å²) < 4.78 is 6.01. The molecule has 0 amide bonds. The van der Waals surface area contributed by atoms with Gasteiger partial charge in [-0.25, -0.2) is 0 Å². The highest BCUT2D eigenvalue weighted by Crippen LogP contribution is 2.27. The van der Waals surface area contributed by atoms with Crippen LogP contribution in [-0.2, 0) is 4.74 Å². The highest BCUT2D eigenvalue weighted by atomic mass is 32.1. The van der Waals surface area contributed by atoms with Crippen LogP contribution in [-0.4, -0.2) is 10.7 Å². The summed E-state index contributed by atoms with van der Waals surface area (Å²) >= 11 is 5.36. The molecule has 1 aliphatic rings. The standard InChI is InChI=1S/C15H16OS/c1-2-15(11-7-4-8-12-15)16-14(17)13-9-5-3-6-10-13/h3-11H,2,12H2,1H3. The van der Waals surface area contributed by atoms with Gasteiger partial charge < -0.3 is 4.74 Å². The van der Waals surface area contributed by atoms with Crippen molar-refractivity contribution >= 4 is 17.3 Å². The maximum absolute atomic E-state index is 6.01. The molecule has 0 spiro atoms. The van der Waals surface area contributed by atoms with E-state index in [1.165, 1.54) is 0 Å². The summed E-state index contributed by atoms with van der Waals surface area (Å²) in [7, 11) is 0. The number of rotatable bonds is 3. The zero-order chi connectivity index (χ0) is 12.1. The van der Waals surface area contributed by atoms with Gasteiger partial charge in [-0.3, -0.25) is 0 Å². The van der Waals surface area contributed by atoms with E-state index in [1.54, 1.807) is 0 Å². The predicted molar refractivity (Wildman–Crippen MR) is 75.1 cm³/mol. The SMILES string of the molecule is CCC1(OC(=S)c2ccccc2)C=CC=CC1. The fourth-order valence-electron chi connectivity index (χ4n) is 1.87. The molecule has 2 rings (SSSR count). The Morgan fingerprint density at radius 3 is 2.65 bits per heavy atom. The van der Waals surface area contributed by atoms with E-state index in [0.29, 0.717) is 5.05 Å². The molecule has 0 saturated heterocycles. The van der Waals surface area contributed by atoms with Gasteiger partial charge in [0.2, 0.25) is 0 Å². The summed E-state index contributed by atoms with van der Waals surface area (Å²) in [4.78, 5) is 0. The lowest BCUT2D eigenvalue weighted by Gasteiger charge is -2.31. The third-order valence-electron chi connectivity index (χ3n) is 3.01. The number of thiocarbonyl (C=S) groups is 1. The van der Waals surface area contributed by atoms with Crippen LogP contribution in [0.1, 0.15) is 25.3 Å². The van der Waals surface area contributed by atoms with E-state index >= 15 is 0 Å². The summed E-state index contributed by atoms with van der Waals surface area (Å²) in [6, 6.07) is 9.88. The van der Waals surface area contributed by atoms with Gasteiger partial charge in [0.25, 0.3) is 0 Å². The van der Waals surface area contributed by atoms with Crippen molar-refractivity contribution in [3.05, 3.63) is 60.2 Å². The Bertz CT molecular complexity index is 447. The predicted octanol–water partition coefficient (Wildman–Crippen LogP) is 4.04. The zero-order valence-electron chi connectivity index (χ0n) is 9.93. The molecule has 88 valence electrons. The van der Waals surface area contributed by atoms with Crippen molar-refractivity contribution in [1.82, 2.24) is 0 Å². The molecule has 0 bridgehead atoms. The molecule has 1 aromatic carbocycles. The number of hydrogen-bond acceptors (Lipinski definition) is 2. The van der Waals surface area contributed by atoms with Crippen LogP contribution in [0.5, 0.6) is 0 Å². The van der Waals surface area contributed by atoms with E-state index in [0.717, 1.165) is 18.4 Å². The summed E-state index contributed by atoms with van der Waals surface area (Å²) in [5.74, 6) is 0. The highest BCUT2D eigenvalue weighted by Gasteiger charge is 2.28. The second-order valence-corrected chi connectivity index (χ2v) is 4.54. The Kier molecular flexibility index (Phi) is 3.75. The van der Waals surface area contributed by atoms with Crippen LogP contribution in [0.15, 0.2) is 54.6 Å². The molecular formula is C15H16OS. The number of ether oxygens (including phenoxy) is 1. The first kappa shape index (κ1) is 12.1. The molecule has 1 nitrogen and oxygen atoms in total. The first-order chi connectivity index (χ1) is 8.26. The first-order valence-electron chi connectivity index (χ1n) is 5.88. The second kappa shape index (κ2) is 5.28. The molecule has 0 radical (unpaired) electrons. The second-order valence-electron chi connectivity index (χ2n) is 4.17. The maximum atomic E-state index is 6.01. The molecule has 1 unspecified atom stereocenters. The van der Waals surface area contributed by atoms with Crippen molar-refractivity contribution in [2.24, 2.45) is 0 Å². The van der Waals surface area contributed by atoms with Gasteiger partial charge >= 0.3 is 0 Å². The van der Waals surface area contributed by atoms with Crippen LogP contribution in [0.2, 0.25) is 0 Å². The minimum Gasteiger partial charge on any atom is -0.472 e. The van der Waals surface area contributed by atoms with Crippen LogP contribution < -0.4 is 0 Å². The van der Waals surface area contributed by atoms with Gasteiger partial charge in [0, 0.05) is 12.0 Å². The molecule has 1 aliphatic carbocycles. The van der Waals surface area contributed by atoms with Crippen molar-refractivity contribution in [1.29, 1.82) is 0 Å². The van der Waals surface area contributed by atoms with Crippen molar-refractivity contribution in [3.8, 4) is 0 Å². The van der Waals surface area contributed by atoms with Gasteiger partial charge in [-0.15, -0.1) is 0 Å². The summed E-state index contributed by atoms with van der Waals surface area (Å²) in [5.41, 5.74) is 0.708.